The fourth-order valence-electron chi connectivity index (χ4n) is 2.32. The number of nitro benzene ring substituents is 1. The first kappa shape index (κ1) is 18.7. The molecule has 0 fully saturated rings. The number of rotatable bonds is 7. The van der Waals surface area contributed by atoms with Crippen molar-refractivity contribution in [3.8, 4) is 5.75 Å². The summed E-state index contributed by atoms with van der Waals surface area (Å²) in [6.07, 6.45) is 4.52. The van der Waals surface area contributed by atoms with Crippen molar-refractivity contribution in [1.82, 2.24) is 10.4 Å². The maximum absolute atomic E-state index is 12.0. The summed E-state index contributed by atoms with van der Waals surface area (Å²) in [6, 6.07) is 16.7. The van der Waals surface area contributed by atoms with E-state index in [1.54, 1.807) is 42.6 Å². The van der Waals surface area contributed by atoms with Gasteiger partial charge in [0.1, 0.15) is 12.4 Å². The molecule has 3 rings (SSSR count). The van der Waals surface area contributed by atoms with E-state index in [0.717, 1.165) is 5.56 Å². The van der Waals surface area contributed by atoms with Gasteiger partial charge in [0, 0.05) is 30.1 Å². The third-order valence-electron chi connectivity index (χ3n) is 3.75. The van der Waals surface area contributed by atoms with Gasteiger partial charge >= 0.3 is 0 Å². The third kappa shape index (κ3) is 4.98. The Labute approximate surface area is 160 Å². The molecule has 1 amide bonds. The number of nitrogens with one attached hydrogen (secondary N) is 1. The molecule has 0 spiro atoms. The van der Waals surface area contributed by atoms with Crippen molar-refractivity contribution in [2.45, 2.75) is 6.61 Å². The average molecular weight is 376 g/mol. The monoisotopic (exact) mass is 376 g/mol. The van der Waals surface area contributed by atoms with E-state index in [2.05, 4.69) is 15.5 Å². The lowest BCUT2D eigenvalue weighted by Gasteiger charge is -2.09. The van der Waals surface area contributed by atoms with Gasteiger partial charge in [0.15, 0.2) is 0 Å². The summed E-state index contributed by atoms with van der Waals surface area (Å²) in [5.41, 5.74) is 4.34. The van der Waals surface area contributed by atoms with E-state index in [-0.39, 0.29) is 18.2 Å². The summed E-state index contributed by atoms with van der Waals surface area (Å²) in [4.78, 5) is 26.1. The van der Waals surface area contributed by atoms with E-state index in [1.165, 1.54) is 24.5 Å². The molecule has 0 aliphatic heterocycles. The van der Waals surface area contributed by atoms with E-state index in [4.69, 9.17) is 4.74 Å². The molecule has 8 nitrogen and oxygen atoms in total. The van der Waals surface area contributed by atoms with Crippen LogP contribution in [0.1, 0.15) is 21.5 Å². The largest absolute Gasteiger partial charge is 0.488 e. The standard InChI is InChI=1S/C20H16N4O4/c25-20(17-5-3-11-21-12-17)23-22-13-16-4-1-2-6-19(16)28-14-15-7-9-18(10-8-15)24(26)27/h1-13H,14H2,(H,23,25)/b22-13-. The number of aromatic nitrogens is 1. The lowest BCUT2D eigenvalue weighted by atomic mass is 10.2. The van der Waals surface area contributed by atoms with Crippen LogP contribution >= 0.6 is 0 Å². The second kappa shape index (κ2) is 9.04. The van der Waals surface area contributed by atoms with Crippen LogP contribution in [0.4, 0.5) is 5.69 Å². The number of hydrogen-bond donors (Lipinski definition) is 1. The van der Waals surface area contributed by atoms with Crippen LogP contribution in [0.3, 0.4) is 0 Å². The maximum Gasteiger partial charge on any atom is 0.272 e. The van der Waals surface area contributed by atoms with E-state index >= 15 is 0 Å². The first-order valence-electron chi connectivity index (χ1n) is 8.32. The molecule has 0 aliphatic rings. The summed E-state index contributed by atoms with van der Waals surface area (Å²) in [6.45, 7) is 0.241. The Hall–Kier alpha value is -4.07. The first-order chi connectivity index (χ1) is 13.6. The number of carbonyl (C=O) groups excluding carboxylic acids is 1. The Balaban J connectivity index is 1.62. The van der Waals surface area contributed by atoms with Crippen molar-refractivity contribution in [1.29, 1.82) is 0 Å². The van der Waals surface area contributed by atoms with Gasteiger partial charge in [-0.05, 0) is 42.0 Å². The van der Waals surface area contributed by atoms with Gasteiger partial charge in [0.05, 0.1) is 16.7 Å². The van der Waals surface area contributed by atoms with Crippen molar-refractivity contribution >= 4 is 17.8 Å². The van der Waals surface area contributed by atoms with Gasteiger partial charge in [0.2, 0.25) is 0 Å². The van der Waals surface area contributed by atoms with Crippen molar-refractivity contribution < 1.29 is 14.5 Å². The smallest absolute Gasteiger partial charge is 0.272 e. The molecular weight excluding hydrogens is 360 g/mol. The number of para-hydroxylation sites is 1. The second-order valence-corrected chi connectivity index (χ2v) is 5.69. The Morgan fingerprint density at radius 3 is 2.64 bits per heavy atom. The predicted molar refractivity (Wildman–Crippen MR) is 103 cm³/mol. The lowest BCUT2D eigenvalue weighted by molar-refractivity contribution is -0.384. The average Bonchev–Trinajstić information content (AvgIpc) is 2.74. The van der Waals surface area contributed by atoms with Crippen LogP contribution in [0.5, 0.6) is 5.75 Å². The highest BCUT2D eigenvalue weighted by Crippen LogP contribution is 2.19. The molecule has 3 aromatic rings. The summed E-state index contributed by atoms with van der Waals surface area (Å²) < 4.78 is 5.78. The molecule has 0 aliphatic carbocycles. The topological polar surface area (TPSA) is 107 Å². The van der Waals surface area contributed by atoms with E-state index in [1.807, 2.05) is 12.1 Å². The number of nitrogens with zero attached hydrogens (tertiary/aromatic N) is 3. The zero-order valence-electron chi connectivity index (χ0n) is 14.7. The van der Waals surface area contributed by atoms with Gasteiger partial charge in [-0.25, -0.2) is 5.43 Å². The number of carbonyl (C=O) groups is 1. The number of hydrazone groups is 1. The van der Waals surface area contributed by atoms with Gasteiger partial charge in [-0.15, -0.1) is 0 Å². The molecule has 140 valence electrons. The Morgan fingerprint density at radius 2 is 1.93 bits per heavy atom. The zero-order chi connectivity index (χ0) is 19.8. The molecule has 1 aromatic heterocycles. The van der Waals surface area contributed by atoms with Crippen LogP contribution in [0.2, 0.25) is 0 Å². The number of hydrogen-bond acceptors (Lipinski definition) is 6. The fourth-order valence-corrected chi connectivity index (χ4v) is 2.32. The highest BCUT2D eigenvalue weighted by Gasteiger charge is 2.06. The van der Waals surface area contributed by atoms with Crippen LogP contribution < -0.4 is 10.2 Å². The molecular formula is C20H16N4O4. The van der Waals surface area contributed by atoms with Crippen molar-refractivity contribution in [3.63, 3.8) is 0 Å². The van der Waals surface area contributed by atoms with Gasteiger partial charge in [-0.3, -0.25) is 19.9 Å². The summed E-state index contributed by atoms with van der Waals surface area (Å²) >= 11 is 0. The minimum atomic E-state index is -0.448. The lowest BCUT2D eigenvalue weighted by Crippen LogP contribution is -2.17. The van der Waals surface area contributed by atoms with Crippen molar-refractivity contribution in [3.05, 3.63) is 99.9 Å². The quantitative estimate of drug-likeness (QED) is 0.387. The van der Waals surface area contributed by atoms with Crippen LogP contribution in [-0.2, 0) is 6.61 Å². The molecule has 0 atom stereocenters. The number of pyridine rings is 1. The number of ether oxygens (including phenoxy) is 1. The molecule has 28 heavy (non-hydrogen) atoms. The van der Waals surface area contributed by atoms with E-state index in [0.29, 0.717) is 16.9 Å². The predicted octanol–water partition coefficient (Wildman–Crippen LogP) is 3.33. The fraction of sp³-hybridized carbons (Fsp3) is 0.0500. The van der Waals surface area contributed by atoms with Crippen LogP contribution in [0.25, 0.3) is 0 Å². The van der Waals surface area contributed by atoms with Gasteiger partial charge in [0.25, 0.3) is 11.6 Å². The van der Waals surface area contributed by atoms with Crippen molar-refractivity contribution in [2.24, 2.45) is 5.10 Å². The molecule has 0 unspecified atom stereocenters. The minimum absolute atomic E-state index is 0.0284. The summed E-state index contributed by atoms with van der Waals surface area (Å²) in [5, 5.41) is 14.7. The molecule has 0 radical (unpaired) electrons. The number of benzene rings is 2. The highest BCUT2D eigenvalue weighted by molar-refractivity contribution is 5.94. The second-order valence-electron chi connectivity index (χ2n) is 5.69. The Morgan fingerprint density at radius 1 is 1.14 bits per heavy atom. The Kier molecular flexibility index (Phi) is 6.04. The SMILES string of the molecule is O=C(N/N=C\c1ccccc1OCc1ccc([N+](=O)[O-])cc1)c1cccnc1. The third-order valence-corrected chi connectivity index (χ3v) is 3.75. The van der Waals surface area contributed by atoms with E-state index < -0.39 is 4.92 Å². The minimum Gasteiger partial charge on any atom is -0.488 e. The van der Waals surface area contributed by atoms with Crippen LogP contribution in [0, 0.1) is 10.1 Å². The summed E-state index contributed by atoms with van der Waals surface area (Å²) in [5.74, 6) is 0.203. The molecule has 1 N–H and O–H groups in total. The Bertz CT molecular complexity index is 989. The molecule has 1 heterocycles. The van der Waals surface area contributed by atoms with E-state index in [9.17, 15) is 14.9 Å². The molecule has 0 bridgehead atoms. The number of non-ortho nitro benzene ring substituents is 1. The maximum atomic E-state index is 12.0. The number of amides is 1. The van der Waals surface area contributed by atoms with Crippen molar-refractivity contribution in [2.75, 3.05) is 0 Å². The van der Waals surface area contributed by atoms with Crippen LogP contribution in [-0.4, -0.2) is 22.0 Å². The first-order valence-corrected chi connectivity index (χ1v) is 8.32. The molecule has 0 saturated carbocycles. The van der Waals surface area contributed by atoms with Gasteiger partial charge in [-0.1, -0.05) is 12.1 Å². The molecule has 2 aromatic carbocycles. The zero-order valence-corrected chi connectivity index (χ0v) is 14.7. The molecule has 8 heteroatoms. The number of nitro groups is 1. The highest BCUT2D eigenvalue weighted by atomic mass is 16.6. The van der Waals surface area contributed by atoms with Gasteiger partial charge < -0.3 is 4.74 Å². The van der Waals surface area contributed by atoms with Crippen LogP contribution in [0.15, 0.2) is 78.2 Å². The normalized spacial score (nSPS) is 10.6. The molecule has 0 saturated heterocycles. The summed E-state index contributed by atoms with van der Waals surface area (Å²) in [7, 11) is 0. The van der Waals surface area contributed by atoms with Gasteiger partial charge in [-0.2, -0.15) is 5.10 Å².